The van der Waals surface area contributed by atoms with Gasteiger partial charge in [0.1, 0.15) is 18.5 Å². The molecule has 6 rings (SSSR count). The van der Waals surface area contributed by atoms with Crippen molar-refractivity contribution in [1.29, 1.82) is 0 Å². The van der Waals surface area contributed by atoms with Crippen molar-refractivity contribution in [1.82, 2.24) is 14.7 Å². The number of aromatic hydroxyl groups is 3. The van der Waals surface area contributed by atoms with E-state index in [1.165, 1.54) is 12.8 Å². The van der Waals surface area contributed by atoms with Gasteiger partial charge < -0.3 is 25.0 Å². The van der Waals surface area contributed by atoms with Gasteiger partial charge in [0.15, 0.2) is 11.5 Å². The van der Waals surface area contributed by atoms with E-state index in [2.05, 4.69) is 26.9 Å². The second-order valence-corrected chi connectivity index (χ2v) is 10.6. The zero-order valence-electron chi connectivity index (χ0n) is 19.4. The number of fused-ring (bicyclic) bond motifs is 9. The molecule has 0 radical (unpaired) electrons. The highest BCUT2D eigenvalue weighted by molar-refractivity contribution is 5.64. The number of nitroso groups, excluding NO2 is 1. The van der Waals surface area contributed by atoms with E-state index in [9.17, 15) is 20.2 Å². The Labute approximate surface area is 193 Å². The minimum absolute atomic E-state index is 0.0140. The summed E-state index contributed by atoms with van der Waals surface area (Å²) in [5.41, 5.74) is 1.37. The van der Waals surface area contributed by atoms with Crippen molar-refractivity contribution in [3.05, 3.63) is 21.6 Å². The molecule has 4 saturated heterocycles. The lowest BCUT2D eigenvalue weighted by Crippen LogP contribution is -2.62. The summed E-state index contributed by atoms with van der Waals surface area (Å²) in [6, 6.07) is 0.453. The van der Waals surface area contributed by atoms with Gasteiger partial charge in [-0.1, -0.05) is 5.18 Å². The normalized spacial score (nSPS) is 38.7. The third-order valence-electron chi connectivity index (χ3n) is 9.35. The molecule has 9 heteroatoms. The maximum Gasteiger partial charge on any atom is 0.164 e. The number of benzene rings is 1. The maximum absolute atomic E-state index is 11.6. The van der Waals surface area contributed by atoms with E-state index in [4.69, 9.17) is 4.74 Å². The molecule has 7 atom stereocenters. The monoisotopic (exact) mass is 458 g/mol. The van der Waals surface area contributed by atoms with Crippen LogP contribution in [0.25, 0.3) is 0 Å². The standard InChI is InChI=1S/C24H34N4O5/c1-12-21(29)19-18(23(31)22(12)30)17(11-25-32)27-7-3-4-13-5-6-15(26(13)2)14-10-16(27)20(19)28-8-9-33-24(14)28/h13-17,20,24,29-31H,3-11H2,1-2H3. The molecular weight excluding hydrogens is 424 g/mol. The van der Waals surface area contributed by atoms with E-state index in [1.807, 2.05) is 0 Å². The van der Waals surface area contributed by atoms with Gasteiger partial charge >= 0.3 is 0 Å². The number of phenols is 3. The van der Waals surface area contributed by atoms with Gasteiger partial charge in [-0.05, 0) is 52.6 Å². The summed E-state index contributed by atoms with van der Waals surface area (Å²) in [6.45, 7) is 3.78. The van der Waals surface area contributed by atoms with Crippen molar-refractivity contribution < 1.29 is 20.1 Å². The van der Waals surface area contributed by atoms with Crippen LogP contribution in [-0.2, 0) is 4.74 Å². The van der Waals surface area contributed by atoms with Crippen LogP contribution in [0.4, 0.5) is 0 Å². The highest BCUT2D eigenvalue weighted by Gasteiger charge is 2.57. The first-order chi connectivity index (χ1) is 15.9. The minimum Gasteiger partial charge on any atom is -0.507 e. The van der Waals surface area contributed by atoms with Crippen LogP contribution in [0.1, 0.15) is 60.9 Å². The molecular formula is C24H34N4O5. The number of piperidine rings is 1. The third-order valence-corrected chi connectivity index (χ3v) is 9.35. The lowest BCUT2D eigenvalue weighted by molar-refractivity contribution is -0.128. The molecule has 180 valence electrons. The average molecular weight is 459 g/mol. The van der Waals surface area contributed by atoms with E-state index < -0.39 is 6.04 Å². The molecule has 4 fully saturated rings. The van der Waals surface area contributed by atoms with Gasteiger partial charge in [-0.25, -0.2) is 0 Å². The molecule has 1 aromatic rings. The molecule has 5 heterocycles. The highest BCUT2D eigenvalue weighted by Crippen LogP contribution is 2.58. The van der Waals surface area contributed by atoms with Gasteiger partial charge in [-0.15, -0.1) is 0 Å². The fourth-order valence-electron chi connectivity index (χ4n) is 7.85. The van der Waals surface area contributed by atoms with Crippen molar-refractivity contribution in [3.8, 4) is 17.2 Å². The molecule has 33 heavy (non-hydrogen) atoms. The molecule has 4 bridgehead atoms. The van der Waals surface area contributed by atoms with Gasteiger partial charge in [-0.3, -0.25) is 9.80 Å². The van der Waals surface area contributed by atoms with E-state index in [0.29, 0.717) is 35.7 Å². The summed E-state index contributed by atoms with van der Waals surface area (Å²) in [7, 11) is 2.26. The summed E-state index contributed by atoms with van der Waals surface area (Å²) in [6.07, 6.45) is 5.32. The summed E-state index contributed by atoms with van der Waals surface area (Å²) in [5.74, 6) is -0.197. The lowest BCUT2D eigenvalue weighted by atomic mass is 9.73. The maximum atomic E-state index is 11.6. The first-order valence-corrected chi connectivity index (χ1v) is 12.3. The number of hydrogen-bond donors (Lipinski definition) is 3. The average Bonchev–Trinajstić information content (AvgIpc) is 3.43. The summed E-state index contributed by atoms with van der Waals surface area (Å²) in [5, 5.41) is 36.2. The van der Waals surface area contributed by atoms with Crippen LogP contribution >= 0.6 is 0 Å². The Bertz CT molecular complexity index is 973. The van der Waals surface area contributed by atoms with Crippen LogP contribution in [0.5, 0.6) is 17.2 Å². The molecule has 1 aromatic carbocycles. The summed E-state index contributed by atoms with van der Waals surface area (Å²) in [4.78, 5) is 18.8. The van der Waals surface area contributed by atoms with E-state index in [1.54, 1.807) is 6.92 Å². The number of ether oxygens (including phenoxy) is 1. The zero-order chi connectivity index (χ0) is 23.0. The first kappa shape index (κ1) is 21.6. The highest BCUT2D eigenvalue weighted by atomic mass is 16.5. The molecule has 0 spiro atoms. The third kappa shape index (κ3) is 2.92. The Balaban J connectivity index is 1.56. The molecule has 5 aliphatic rings. The molecule has 0 saturated carbocycles. The summed E-state index contributed by atoms with van der Waals surface area (Å²) < 4.78 is 6.33. The van der Waals surface area contributed by atoms with Crippen molar-refractivity contribution in [3.63, 3.8) is 0 Å². The molecule has 3 N–H and O–H groups in total. The van der Waals surface area contributed by atoms with Gasteiger partial charge in [0, 0.05) is 47.3 Å². The lowest BCUT2D eigenvalue weighted by Gasteiger charge is -2.57. The van der Waals surface area contributed by atoms with Crippen LogP contribution < -0.4 is 0 Å². The molecule has 9 nitrogen and oxygen atoms in total. The Kier molecular flexibility index (Phi) is 5.10. The number of phenolic OH excluding ortho intramolecular Hbond substituents is 3. The predicted molar refractivity (Wildman–Crippen MR) is 121 cm³/mol. The van der Waals surface area contributed by atoms with Crippen LogP contribution in [0.2, 0.25) is 0 Å². The van der Waals surface area contributed by atoms with Crippen molar-refractivity contribution in [2.24, 2.45) is 11.1 Å². The van der Waals surface area contributed by atoms with Gasteiger partial charge in [0.25, 0.3) is 0 Å². The molecule has 0 amide bonds. The number of rotatable bonds is 2. The predicted octanol–water partition coefficient (Wildman–Crippen LogP) is 2.58. The summed E-state index contributed by atoms with van der Waals surface area (Å²) >= 11 is 0. The van der Waals surface area contributed by atoms with Crippen molar-refractivity contribution in [2.45, 2.75) is 75.5 Å². The Hall–Kier alpha value is -1.94. The van der Waals surface area contributed by atoms with E-state index in [-0.39, 0.29) is 47.7 Å². The Morgan fingerprint density at radius 2 is 1.82 bits per heavy atom. The fraction of sp³-hybridized carbons (Fsp3) is 0.750. The largest absolute Gasteiger partial charge is 0.507 e. The fourth-order valence-corrected chi connectivity index (χ4v) is 7.85. The van der Waals surface area contributed by atoms with E-state index >= 15 is 0 Å². The Morgan fingerprint density at radius 3 is 2.61 bits per heavy atom. The Morgan fingerprint density at radius 1 is 1.00 bits per heavy atom. The minimum atomic E-state index is -0.466. The first-order valence-electron chi connectivity index (χ1n) is 12.3. The molecule has 0 aliphatic carbocycles. The van der Waals surface area contributed by atoms with Gasteiger partial charge in [0.05, 0.1) is 18.7 Å². The quantitative estimate of drug-likeness (QED) is 0.353. The molecule has 0 aromatic heterocycles. The second-order valence-electron chi connectivity index (χ2n) is 10.6. The molecule has 7 unspecified atom stereocenters. The van der Waals surface area contributed by atoms with Crippen LogP contribution in [0.15, 0.2) is 5.18 Å². The topological polar surface area (TPSA) is 109 Å². The molecule has 5 aliphatic heterocycles. The van der Waals surface area contributed by atoms with Crippen LogP contribution in [-0.4, -0.2) is 87.7 Å². The van der Waals surface area contributed by atoms with Crippen LogP contribution in [0, 0.1) is 17.7 Å². The number of nitrogens with zero attached hydrogens (tertiary/aromatic N) is 4. The van der Waals surface area contributed by atoms with Crippen LogP contribution in [0.3, 0.4) is 0 Å². The van der Waals surface area contributed by atoms with Gasteiger partial charge in [0.2, 0.25) is 0 Å². The zero-order valence-corrected chi connectivity index (χ0v) is 19.4. The van der Waals surface area contributed by atoms with Crippen molar-refractivity contribution >= 4 is 0 Å². The number of hydrogen-bond acceptors (Lipinski definition) is 9. The van der Waals surface area contributed by atoms with E-state index in [0.717, 1.165) is 32.4 Å². The van der Waals surface area contributed by atoms with Gasteiger partial charge in [-0.2, -0.15) is 4.91 Å². The SMILES string of the molecule is Cc1c(O)c(O)c2c(c1O)C1C3CC(C4CCC(CCCN3C2CN=O)N4C)C2OCCN21. The van der Waals surface area contributed by atoms with Crippen molar-refractivity contribution in [2.75, 3.05) is 33.3 Å². The second kappa shape index (κ2) is 7.80. The smallest absolute Gasteiger partial charge is 0.164 e.